The molecule has 0 saturated carbocycles. The summed E-state index contributed by atoms with van der Waals surface area (Å²) >= 11 is 0. The van der Waals surface area contributed by atoms with E-state index in [-0.39, 0.29) is 5.41 Å². The standard InChI is InChI=1S/C71H51NSi/c1-46-19-16-21-51(43-46)73(67-35-14-8-26-57(67)58-27-9-15-36-68(58)73)52-22-17-20-49(44-52)72(48-39-37-47(38-40-48)53-29-18-34-66-69(53)59-28-7-10-30-61(59)70(66,2)3)50-41-42-65-60(45-50)56-25-6-13-33-64(56)71(65)62-31-11-4-23-54(62)55-24-5-12-32-63(55)71/h4-45H,1-3H3. The zero-order chi connectivity index (χ0) is 48.6. The van der Waals surface area contributed by atoms with Crippen molar-refractivity contribution < 1.29 is 0 Å². The highest BCUT2D eigenvalue weighted by molar-refractivity contribution is 7.22. The monoisotopic (exact) mass is 945 g/mol. The minimum Gasteiger partial charge on any atom is -0.310 e. The van der Waals surface area contributed by atoms with Gasteiger partial charge in [-0.3, -0.25) is 0 Å². The minimum atomic E-state index is -2.82. The molecule has 0 radical (unpaired) electrons. The molecule has 11 aromatic rings. The van der Waals surface area contributed by atoms with E-state index >= 15 is 0 Å². The first-order valence-electron chi connectivity index (χ1n) is 25.8. The number of hydrogen-bond acceptors (Lipinski definition) is 1. The summed E-state index contributed by atoms with van der Waals surface area (Å²) < 4.78 is 0. The van der Waals surface area contributed by atoms with E-state index in [4.69, 9.17) is 0 Å². The third-order valence-corrected chi connectivity index (χ3v) is 22.1. The lowest BCUT2D eigenvalue weighted by Gasteiger charge is -2.33. The largest absolute Gasteiger partial charge is 0.310 e. The number of nitrogens with zero attached hydrogens (tertiary/aromatic N) is 1. The first kappa shape index (κ1) is 42.1. The lowest BCUT2D eigenvalue weighted by Crippen LogP contribution is -2.72. The number of anilines is 3. The van der Waals surface area contributed by atoms with Crippen molar-refractivity contribution in [3.63, 3.8) is 0 Å². The Bertz CT molecular complexity index is 4010. The van der Waals surface area contributed by atoms with Crippen LogP contribution in [0.1, 0.15) is 52.8 Å². The van der Waals surface area contributed by atoms with Gasteiger partial charge >= 0.3 is 0 Å². The maximum Gasteiger partial charge on any atom is 0.180 e. The molecule has 0 aromatic heterocycles. The second-order valence-electron chi connectivity index (χ2n) is 21.2. The number of benzene rings is 11. The number of fused-ring (bicyclic) bond motifs is 16. The molecule has 0 fully saturated rings. The molecule has 1 aliphatic heterocycles. The molecule has 15 rings (SSSR count). The van der Waals surface area contributed by atoms with Crippen molar-refractivity contribution in [3.05, 3.63) is 294 Å². The van der Waals surface area contributed by atoms with Gasteiger partial charge in [0, 0.05) is 22.5 Å². The molecule has 0 atom stereocenters. The predicted molar refractivity (Wildman–Crippen MR) is 308 cm³/mol. The van der Waals surface area contributed by atoms with Crippen molar-refractivity contribution >= 4 is 45.9 Å². The molecule has 0 N–H and O–H groups in total. The molecule has 1 heterocycles. The zero-order valence-corrected chi connectivity index (χ0v) is 42.2. The molecule has 0 amide bonds. The van der Waals surface area contributed by atoms with Crippen LogP contribution >= 0.6 is 0 Å². The SMILES string of the molecule is Cc1cccc([Si]2(c3cccc(N(c4ccc(-c5cccc6c5-c5ccccc5C6(C)C)cc4)c4ccc5c(c4)-c4ccccc4C54c5ccccc5-c5ccccc54)c3)c3ccccc3-c3ccccc32)c1. The van der Waals surface area contributed by atoms with Gasteiger partial charge in [-0.05, 0) is 153 Å². The van der Waals surface area contributed by atoms with Crippen molar-refractivity contribution in [3.8, 4) is 55.6 Å². The van der Waals surface area contributed by atoms with Crippen molar-refractivity contribution in [1.29, 1.82) is 0 Å². The lowest BCUT2D eigenvalue weighted by atomic mass is 9.70. The summed E-state index contributed by atoms with van der Waals surface area (Å²) in [7, 11) is -2.82. The van der Waals surface area contributed by atoms with E-state index in [1.807, 2.05) is 0 Å². The van der Waals surface area contributed by atoms with Gasteiger partial charge in [-0.1, -0.05) is 238 Å². The zero-order valence-electron chi connectivity index (χ0n) is 41.2. The Kier molecular flexibility index (Phi) is 8.93. The Hall–Kier alpha value is -8.56. The smallest absolute Gasteiger partial charge is 0.180 e. The van der Waals surface area contributed by atoms with Crippen LogP contribution in [0.3, 0.4) is 0 Å². The van der Waals surface area contributed by atoms with Gasteiger partial charge in [0.05, 0.1) is 5.41 Å². The van der Waals surface area contributed by atoms with Crippen LogP contribution in [-0.2, 0) is 10.8 Å². The van der Waals surface area contributed by atoms with Crippen LogP contribution in [0, 0.1) is 6.92 Å². The molecule has 4 aliphatic rings. The highest BCUT2D eigenvalue weighted by atomic mass is 28.3. The van der Waals surface area contributed by atoms with Crippen molar-refractivity contribution in [2.24, 2.45) is 0 Å². The fourth-order valence-corrected chi connectivity index (χ4v) is 19.5. The maximum absolute atomic E-state index is 2.82. The van der Waals surface area contributed by atoms with Gasteiger partial charge in [0.2, 0.25) is 0 Å². The maximum atomic E-state index is 2.54. The molecule has 344 valence electrons. The fourth-order valence-electron chi connectivity index (χ4n) is 14.2. The summed E-state index contributed by atoms with van der Waals surface area (Å²) in [6.45, 7) is 6.97. The van der Waals surface area contributed by atoms with Gasteiger partial charge < -0.3 is 4.90 Å². The van der Waals surface area contributed by atoms with Crippen molar-refractivity contribution in [1.82, 2.24) is 0 Å². The van der Waals surface area contributed by atoms with Gasteiger partial charge in [-0.2, -0.15) is 0 Å². The van der Waals surface area contributed by atoms with Gasteiger partial charge in [-0.25, -0.2) is 0 Å². The summed E-state index contributed by atoms with van der Waals surface area (Å²) in [6, 6.07) is 97.4. The summed E-state index contributed by atoms with van der Waals surface area (Å²) in [4.78, 5) is 2.52. The second-order valence-corrected chi connectivity index (χ2v) is 24.9. The number of hydrogen-bond donors (Lipinski definition) is 0. The third-order valence-electron chi connectivity index (χ3n) is 17.2. The Morgan fingerprint density at radius 1 is 0.315 bits per heavy atom. The molecule has 0 bridgehead atoms. The molecule has 1 nitrogen and oxygen atoms in total. The normalized spacial score (nSPS) is 14.8. The first-order chi connectivity index (χ1) is 35.9. The number of aryl methyl sites for hydroxylation is 1. The molecule has 11 aromatic carbocycles. The minimum absolute atomic E-state index is 0.0728. The average molecular weight is 946 g/mol. The van der Waals surface area contributed by atoms with Crippen molar-refractivity contribution in [2.45, 2.75) is 31.6 Å². The van der Waals surface area contributed by atoms with Crippen LogP contribution in [0.2, 0.25) is 0 Å². The Morgan fingerprint density at radius 3 is 1.40 bits per heavy atom. The van der Waals surface area contributed by atoms with Crippen molar-refractivity contribution in [2.75, 3.05) is 4.90 Å². The molecule has 2 heteroatoms. The summed E-state index contributed by atoms with van der Waals surface area (Å²) in [5, 5.41) is 5.69. The first-order valence-corrected chi connectivity index (χ1v) is 27.8. The second kappa shape index (κ2) is 15.5. The molecule has 0 saturated heterocycles. The van der Waals surface area contributed by atoms with E-state index in [9.17, 15) is 0 Å². The molecular weight excluding hydrogens is 895 g/mol. The quantitative estimate of drug-likeness (QED) is 0.150. The van der Waals surface area contributed by atoms with Gasteiger partial charge in [0.1, 0.15) is 0 Å². The summed E-state index contributed by atoms with van der Waals surface area (Å²) in [5.41, 5.74) is 25.5. The molecular formula is C71H51NSi. The summed E-state index contributed by atoms with van der Waals surface area (Å²) in [5.74, 6) is 0. The number of rotatable bonds is 6. The third kappa shape index (κ3) is 5.62. The van der Waals surface area contributed by atoms with Crippen LogP contribution in [-0.4, -0.2) is 8.07 Å². The molecule has 1 spiro atoms. The van der Waals surface area contributed by atoms with E-state index in [2.05, 4.69) is 280 Å². The highest BCUT2D eigenvalue weighted by Gasteiger charge is 2.52. The Balaban J connectivity index is 0.958. The van der Waals surface area contributed by atoms with Crippen LogP contribution in [0.15, 0.2) is 255 Å². The van der Waals surface area contributed by atoms with Crippen LogP contribution in [0.5, 0.6) is 0 Å². The van der Waals surface area contributed by atoms with E-state index in [1.165, 1.54) is 115 Å². The van der Waals surface area contributed by atoms with E-state index in [1.54, 1.807) is 0 Å². The Morgan fingerprint density at radius 2 is 0.767 bits per heavy atom. The average Bonchev–Trinajstić information content (AvgIpc) is 4.12. The molecule has 3 aliphatic carbocycles. The predicted octanol–water partition coefficient (Wildman–Crippen LogP) is 15.1. The van der Waals surface area contributed by atoms with Crippen LogP contribution in [0.25, 0.3) is 55.6 Å². The highest BCUT2D eigenvalue weighted by Crippen LogP contribution is 2.63. The van der Waals surface area contributed by atoms with Gasteiger partial charge in [0.25, 0.3) is 0 Å². The van der Waals surface area contributed by atoms with E-state index in [0.717, 1.165) is 17.1 Å². The topological polar surface area (TPSA) is 3.24 Å². The van der Waals surface area contributed by atoms with E-state index < -0.39 is 13.5 Å². The summed E-state index contributed by atoms with van der Waals surface area (Å²) in [6.07, 6.45) is 0. The van der Waals surface area contributed by atoms with Gasteiger partial charge in [0.15, 0.2) is 8.07 Å². The van der Waals surface area contributed by atoms with Crippen LogP contribution in [0.4, 0.5) is 17.1 Å². The Labute approximate surface area is 429 Å². The molecule has 0 unspecified atom stereocenters. The van der Waals surface area contributed by atoms with Crippen LogP contribution < -0.4 is 25.6 Å². The fraction of sp³-hybridized carbons (Fsp3) is 0.0704. The lowest BCUT2D eigenvalue weighted by molar-refractivity contribution is 0.660. The molecule has 73 heavy (non-hydrogen) atoms. The van der Waals surface area contributed by atoms with E-state index in [0.29, 0.717) is 0 Å². The van der Waals surface area contributed by atoms with Gasteiger partial charge in [-0.15, -0.1) is 0 Å².